The molecule has 0 saturated heterocycles. The van der Waals surface area contributed by atoms with Gasteiger partial charge in [0.05, 0.1) is 22.7 Å². The molecule has 1 N–H and O–H groups in total. The van der Waals surface area contributed by atoms with Gasteiger partial charge in [0, 0.05) is 0 Å². The molecular weight excluding hydrogens is 221 g/mol. The minimum atomic E-state index is -0.110. The van der Waals surface area contributed by atoms with E-state index in [-0.39, 0.29) is 12.6 Å². The Morgan fingerprint density at radius 3 is 2.50 bits per heavy atom. The second-order valence-corrected chi connectivity index (χ2v) is 4.09. The number of hydrogen-bond donors (Lipinski definition) is 1. The summed E-state index contributed by atoms with van der Waals surface area (Å²) in [5, 5.41) is 10.3. The third-order valence-corrected chi connectivity index (χ3v) is 2.97. The van der Waals surface area contributed by atoms with Crippen molar-refractivity contribution in [1.82, 2.24) is 4.90 Å². The molecule has 4 heteroatoms. The van der Waals surface area contributed by atoms with Crippen molar-refractivity contribution in [2.45, 2.75) is 6.04 Å². The minimum absolute atomic E-state index is 0.0209. The fourth-order valence-electron chi connectivity index (χ4n) is 1.32. The summed E-state index contributed by atoms with van der Waals surface area (Å²) in [7, 11) is 3.77. The lowest BCUT2D eigenvalue weighted by molar-refractivity contribution is 0.171. The molecule has 0 saturated carbocycles. The molecule has 0 aliphatic carbocycles. The van der Waals surface area contributed by atoms with Crippen LogP contribution >= 0.6 is 23.2 Å². The molecule has 0 amide bonds. The first-order valence-corrected chi connectivity index (χ1v) is 5.04. The molecule has 78 valence electrons. The maximum absolute atomic E-state index is 9.22. The van der Waals surface area contributed by atoms with Gasteiger partial charge in [0.25, 0.3) is 0 Å². The molecule has 0 aliphatic heterocycles. The van der Waals surface area contributed by atoms with Gasteiger partial charge in [0.15, 0.2) is 0 Å². The lowest BCUT2D eigenvalue weighted by Crippen LogP contribution is -2.23. The number of nitrogens with zero attached hydrogens (tertiary/aromatic N) is 1. The van der Waals surface area contributed by atoms with Gasteiger partial charge in [-0.2, -0.15) is 0 Å². The molecule has 0 bridgehead atoms. The summed E-state index contributed by atoms with van der Waals surface area (Å²) < 4.78 is 0. The minimum Gasteiger partial charge on any atom is -0.394 e. The van der Waals surface area contributed by atoms with E-state index < -0.39 is 0 Å². The Morgan fingerprint density at radius 1 is 1.36 bits per heavy atom. The largest absolute Gasteiger partial charge is 0.394 e. The van der Waals surface area contributed by atoms with Gasteiger partial charge in [-0.05, 0) is 25.7 Å². The van der Waals surface area contributed by atoms with Crippen molar-refractivity contribution in [3.05, 3.63) is 33.8 Å². The van der Waals surface area contributed by atoms with Crippen LogP contribution in [0.5, 0.6) is 0 Å². The highest BCUT2D eigenvalue weighted by atomic mass is 35.5. The predicted octanol–water partition coefficient (Wildman–Crippen LogP) is 2.59. The number of halogens is 2. The van der Waals surface area contributed by atoms with Crippen molar-refractivity contribution < 1.29 is 5.11 Å². The number of hydrogen-bond acceptors (Lipinski definition) is 2. The molecule has 2 nitrogen and oxygen atoms in total. The Hall–Kier alpha value is -0.280. The van der Waals surface area contributed by atoms with Gasteiger partial charge in [-0.1, -0.05) is 35.3 Å². The first kappa shape index (κ1) is 11.8. The van der Waals surface area contributed by atoms with Crippen LogP contribution in [-0.4, -0.2) is 30.7 Å². The number of aliphatic hydroxyl groups is 1. The lowest BCUT2D eigenvalue weighted by Gasteiger charge is -2.23. The van der Waals surface area contributed by atoms with E-state index in [1.165, 1.54) is 0 Å². The quantitative estimate of drug-likeness (QED) is 0.868. The molecule has 0 fully saturated rings. The van der Waals surface area contributed by atoms with Crippen molar-refractivity contribution in [3.8, 4) is 0 Å². The molecule has 1 rings (SSSR count). The number of aliphatic hydroxyl groups excluding tert-OH is 1. The molecule has 0 unspecified atom stereocenters. The maximum Gasteiger partial charge on any atom is 0.0641 e. The Kier molecular flexibility index (Phi) is 4.20. The van der Waals surface area contributed by atoms with E-state index in [1.807, 2.05) is 31.1 Å². The van der Waals surface area contributed by atoms with Gasteiger partial charge in [-0.15, -0.1) is 0 Å². The second kappa shape index (κ2) is 4.99. The summed E-state index contributed by atoms with van der Waals surface area (Å²) in [5.41, 5.74) is 0.853. The fourth-order valence-corrected chi connectivity index (χ4v) is 1.75. The molecule has 1 aromatic rings. The third kappa shape index (κ3) is 2.39. The monoisotopic (exact) mass is 233 g/mol. The molecule has 0 aliphatic rings. The molecule has 0 spiro atoms. The Morgan fingerprint density at radius 2 is 2.00 bits per heavy atom. The molecule has 1 aromatic carbocycles. The Bertz CT molecular complexity index is 315. The van der Waals surface area contributed by atoms with Gasteiger partial charge >= 0.3 is 0 Å². The van der Waals surface area contributed by atoms with Gasteiger partial charge in [-0.3, -0.25) is 0 Å². The standard InChI is InChI=1S/C10H13Cl2NO/c1-13(2)9(6-14)7-4-3-5-8(11)10(7)12/h3-5,9,14H,6H2,1-2H3/t9-/m1/s1. The van der Waals surface area contributed by atoms with E-state index in [9.17, 15) is 5.11 Å². The highest BCUT2D eigenvalue weighted by Gasteiger charge is 2.16. The van der Waals surface area contributed by atoms with E-state index in [1.54, 1.807) is 6.07 Å². The van der Waals surface area contributed by atoms with Crippen LogP contribution in [0.4, 0.5) is 0 Å². The van der Waals surface area contributed by atoms with E-state index in [0.717, 1.165) is 5.56 Å². The highest BCUT2D eigenvalue weighted by Crippen LogP contribution is 2.31. The summed E-state index contributed by atoms with van der Waals surface area (Å²) in [6.45, 7) is 0.0209. The first-order chi connectivity index (χ1) is 6.57. The average molecular weight is 234 g/mol. The zero-order chi connectivity index (χ0) is 10.7. The van der Waals surface area contributed by atoms with E-state index in [0.29, 0.717) is 10.0 Å². The van der Waals surface area contributed by atoms with Crippen molar-refractivity contribution in [3.63, 3.8) is 0 Å². The van der Waals surface area contributed by atoms with E-state index >= 15 is 0 Å². The predicted molar refractivity (Wildman–Crippen MR) is 60.0 cm³/mol. The summed E-state index contributed by atoms with van der Waals surface area (Å²) in [6.07, 6.45) is 0. The molecule has 14 heavy (non-hydrogen) atoms. The van der Waals surface area contributed by atoms with Crippen LogP contribution in [0.1, 0.15) is 11.6 Å². The smallest absolute Gasteiger partial charge is 0.0641 e. The Balaban J connectivity index is 3.10. The molecular formula is C10H13Cl2NO. The highest BCUT2D eigenvalue weighted by molar-refractivity contribution is 6.42. The maximum atomic E-state index is 9.22. The van der Waals surface area contributed by atoms with Gasteiger partial charge in [0.2, 0.25) is 0 Å². The van der Waals surface area contributed by atoms with Crippen LogP contribution in [0.3, 0.4) is 0 Å². The number of likely N-dealkylation sites (N-methyl/N-ethyl adjacent to an activating group) is 1. The van der Waals surface area contributed by atoms with Gasteiger partial charge in [-0.25, -0.2) is 0 Å². The summed E-state index contributed by atoms with van der Waals surface area (Å²) in [6, 6.07) is 5.32. The second-order valence-electron chi connectivity index (χ2n) is 3.31. The molecule has 1 atom stereocenters. The van der Waals surface area contributed by atoms with Crippen LogP contribution in [0, 0.1) is 0 Å². The summed E-state index contributed by atoms with van der Waals surface area (Å²) in [5.74, 6) is 0. The summed E-state index contributed by atoms with van der Waals surface area (Å²) in [4.78, 5) is 1.90. The van der Waals surface area contributed by atoms with Crippen molar-refractivity contribution in [2.24, 2.45) is 0 Å². The fraction of sp³-hybridized carbons (Fsp3) is 0.400. The van der Waals surface area contributed by atoms with Gasteiger partial charge < -0.3 is 10.0 Å². The third-order valence-electron chi connectivity index (χ3n) is 2.14. The van der Waals surface area contributed by atoms with Crippen molar-refractivity contribution in [2.75, 3.05) is 20.7 Å². The van der Waals surface area contributed by atoms with Crippen molar-refractivity contribution >= 4 is 23.2 Å². The molecule has 0 aromatic heterocycles. The van der Waals surface area contributed by atoms with Crippen LogP contribution < -0.4 is 0 Å². The van der Waals surface area contributed by atoms with Gasteiger partial charge in [0.1, 0.15) is 0 Å². The zero-order valence-corrected chi connectivity index (χ0v) is 9.68. The molecule has 0 heterocycles. The first-order valence-electron chi connectivity index (χ1n) is 4.29. The van der Waals surface area contributed by atoms with Crippen LogP contribution in [0.15, 0.2) is 18.2 Å². The van der Waals surface area contributed by atoms with Crippen LogP contribution in [0.25, 0.3) is 0 Å². The van der Waals surface area contributed by atoms with Crippen LogP contribution in [0.2, 0.25) is 10.0 Å². The average Bonchev–Trinajstić information content (AvgIpc) is 2.13. The molecule has 0 radical (unpaired) electrons. The van der Waals surface area contributed by atoms with Crippen LogP contribution in [-0.2, 0) is 0 Å². The topological polar surface area (TPSA) is 23.5 Å². The Labute approximate surface area is 94.1 Å². The SMILES string of the molecule is CN(C)[C@H](CO)c1cccc(Cl)c1Cl. The van der Waals surface area contributed by atoms with Crippen molar-refractivity contribution in [1.29, 1.82) is 0 Å². The number of rotatable bonds is 3. The van der Waals surface area contributed by atoms with E-state index in [4.69, 9.17) is 23.2 Å². The zero-order valence-electron chi connectivity index (χ0n) is 8.17. The lowest BCUT2D eigenvalue weighted by atomic mass is 10.1. The normalized spacial score (nSPS) is 13.3. The number of benzene rings is 1. The summed E-state index contributed by atoms with van der Waals surface area (Å²) >= 11 is 11.9. The van der Waals surface area contributed by atoms with E-state index in [2.05, 4.69) is 0 Å².